The van der Waals surface area contributed by atoms with Crippen molar-refractivity contribution in [3.8, 4) is 11.6 Å². The Morgan fingerprint density at radius 1 is 0.848 bits per heavy atom. The van der Waals surface area contributed by atoms with E-state index in [2.05, 4.69) is 20.8 Å². The molecule has 33 heavy (non-hydrogen) atoms. The minimum Gasteiger partial charge on any atom is -0.494 e. The largest absolute Gasteiger partial charge is 0.494 e. The van der Waals surface area contributed by atoms with Gasteiger partial charge in [0, 0.05) is 27.7 Å². The number of benzene rings is 3. The number of amides is 2. The van der Waals surface area contributed by atoms with Crippen molar-refractivity contribution >= 4 is 34.0 Å². The van der Waals surface area contributed by atoms with Crippen molar-refractivity contribution in [2.75, 3.05) is 23.8 Å². The van der Waals surface area contributed by atoms with Gasteiger partial charge < -0.3 is 20.1 Å². The lowest BCUT2D eigenvalue weighted by Gasteiger charge is -2.09. The minimum absolute atomic E-state index is 0.220. The summed E-state index contributed by atoms with van der Waals surface area (Å²) in [6.07, 6.45) is 1.63. The maximum absolute atomic E-state index is 12.5. The number of carbonyl (C=O) groups excluding carboxylic acids is 2. The smallest absolute Gasteiger partial charge is 0.262 e. The van der Waals surface area contributed by atoms with Gasteiger partial charge in [0.15, 0.2) is 6.61 Å². The predicted molar refractivity (Wildman–Crippen MR) is 126 cm³/mol. The average molecular weight is 442 g/mol. The quantitative estimate of drug-likeness (QED) is 0.422. The Kier molecular flexibility index (Phi) is 6.75. The van der Waals surface area contributed by atoms with Crippen LogP contribution in [0.15, 0.2) is 79.0 Å². The fourth-order valence-electron chi connectivity index (χ4n) is 3.15. The standard InChI is InChI=1S/C25H22N4O4/c1-2-32-21-13-11-20(12-14-21)28-24(31)17-7-9-19(10-8-17)27-23(30)16-33-25-22-6-4-3-5-18(22)15-26-29-25/h3-15H,2,16H2,1H3,(H,27,30)(H,28,31). The van der Waals surface area contributed by atoms with Gasteiger partial charge >= 0.3 is 0 Å². The molecule has 0 aliphatic rings. The van der Waals surface area contributed by atoms with Crippen LogP contribution in [0.3, 0.4) is 0 Å². The molecule has 0 fully saturated rings. The number of hydrogen-bond donors (Lipinski definition) is 2. The van der Waals surface area contributed by atoms with E-state index in [-0.39, 0.29) is 18.4 Å². The summed E-state index contributed by atoms with van der Waals surface area (Å²) >= 11 is 0. The van der Waals surface area contributed by atoms with Crippen molar-refractivity contribution in [3.63, 3.8) is 0 Å². The molecule has 1 heterocycles. The Morgan fingerprint density at radius 3 is 2.30 bits per heavy atom. The van der Waals surface area contributed by atoms with Crippen LogP contribution >= 0.6 is 0 Å². The predicted octanol–water partition coefficient (Wildman–Crippen LogP) is 4.30. The molecule has 0 radical (unpaired) electrons. The van der Waals surface area contributed by atoms with Gasteiger partial charge in [-0.25, -0.2) is 0 Å². The molecule has 2 amide bonds. The van der Waals surface area contributed by atoms with Crippen LogP contribution in [0.5, 0.6) is 11.6 Å². The maximum Gasteiger partial charge on any atom is 0.262 e. The molecule has 0 saturated heterocycles. The van der Waals surface area contributed by atoms with Gasteiger partial charge in [0.05, 0.1) is 12.8 Å². The summed E-state index contributed by atoms with van der Waals surface area (Å²) in [5.41, 5.74) is 1.67. The van der Waals surface area contributed by atoms with E-state index in [1.54, 1.807) is 54.7 Å². The number of aromatic nitrogens is 2. The SMILES string of the molecule is CCOc1ccc(NC(=O)c2ccc(NC(=O)COc3nncc4ccccc34)cc2)cc1. The first-order chi connectivity index (χ1) is 16.1. The number of fused-ring (bicyclic) bond motifs is 1. The highest BCUT2D eigenvalue weighted by molar-refractivity contribution is 6.04. The fraction of sp³-hybridized carbons (Fsp3) is 0.120. The summed E-state index contributed by atoms with van der Waals surface area (Å²) in [5, 5.41) is 15.1. The van der Waals surface area contributed by atoms with E-state index in [1.807, 2.05) is 31.2 Å². The number of rotatable bonds is 8. The average Bonchev–Trinajstić information content (AvgIpc) is 2.84. The molecule has 0 bridgehead atoms. The van der Waals surface area contributed by atoms with Crippen LogP contribution in [0.2, 0.25) is 0 Å². The Balaban J connectivity index is 1.31. The van der Waals surface area contributed by atoms with Gasteiger partial charge in [-0.05, 0) is 61.5 Å². The molecule has 2 N–H and O–H groups in total. The Hall–Kier alpha value is -4.46. The second-order valence-electron chi connectivity index (χ2n) is 7.06. The number of ether oxygens (including phenoxy) is 2. The normalized spacial score (nSPS) is 10.5. The fourth-order valence-corrected chi connectivity index (χ4v) is 3.15. The summed E-state index contributed by atoms with van der Waals surface area (Å²) in [6, 6.07) is 21.2. The van der Waals surface area contributed by atoms with E-state index in [0.717, 1.165) is 16.5 Å². The first kappa shape index (κ1) is 21.8. The first-order valence-electron chi connectivity index (χ1n) is 10.4. The van der Waals surface area contributed by atoms with Crippen molar-refractivity contribution in [2.45, 2.75) is 6.92 Å². The van der Waals surface area contributed by atoms with Crippen molar-refractivity contribution in [1.82, 2.24) is 10.2 Å². The summed E-state index contributed by atoms with van der Waals surface area (Å²) in [4.78, 5) is 24.7. The monoisotopic (exact) mass is 442 g/mol. The number of nitrogens with one attached hydrogen (secondary N) is 2. The van der Waals surface area contributed by atoms with Gasteiger partial charge in [-0.2, -0.15) is 5.10 Å². The van der Waals surface area contributed by atoms with Gasteiger partial charge in [0.25, 0.3) is 11.8 Å². The van der Waals surface area contributed by atoms with Crippen molar-refractivity contribution in [3.05, 3.63) is 84.6 Å². The van der Waals surface area contributed by atoms with E-state index in [9.17, 15) is 9.59 Å². The molecule has 166 valence electrons. The molecule has 4 aromatic rings. The van der Waals surface area contributed by atoms with E-state index >= 15 is 0 Å². The lowest BCUT2D eigenvalue weighted by molar-refractivity contribution is -0.118. The van der Waals surface area contributed by atoms with Crippen LogP contribution in [0.25, 0.3) is 10.8 Å². The molecular weight excluding hydrogens is 420 g/mol. The first-order valence-corrected chi connectivity index (χ1v) is 10.4. The zero-order valence-electron chi connectivity index (χ0n) is 17.9. The number of hydrogen-bond acceptors (Lipinski definition) is 6. The highest BCUT2D eigenvalue weighted by atomic mass is 16.5. The van der Waals surface area contributed by atoms with Gasteiger partial charge in [-0.1, -0.05) is 18.2 Å². The topological polar surface area (TPSA) is 102 Å². The van der Waals surface area contributed by atoms with E-state index < -0.39 is 0 Å². The van der Waals surface area contributed by atoms with Crippen LogP contribution in [-0.4, -0.2) is 35.2 Å². The Morgan fingerprint density at radius 2 is 1.55 bits per heavy atom. The maximum atomic E-state index is 12.5. The van der Waals surface area contributed by atoms with Gasteiger partial charge in [-0.15, -0.1) is 5.10 Å². The number of nitrogens with zero attached hydrogens (tertiary/aromatic N) is 2. The highest BCUT2D eigenvalue weighted by Gasteiger charge is 2.10. The highest BCUT2D eigenvalue weighted by Crippen LogP contribution is 2.21. The molecule has 0 aliphatic heterocycles. The van der Waals surface area contributed by atoms with Crippen LogP contribution in [0.4, 0.5) is 11.4 Å². The summed E-state index contributed by atoms with van der Waals surface area (Å²) in [6.45, 7) is 2.27. The molecule has 0 spiro atoms. The lowest BCUT2D eigenvalue weighted by atomic mass is 10.2. The van der Waals surface area contributed by atoms with Crippen molar-refractivity contribution < 1.29 is 19.1 Å². The van der Waals surface area contributed by atoms with Crippen LogP contribution in [0.1, 0.15) is 17.3 Å². The molecule has 8 heteroatoms. The molecule has 1 aromatic heterocycles. The zero-order chi connectivity index (χ0) is 23.0. The van der Waals surface area contributed by atoms with E-state index in [0.29, 0.717) is 29.4 Å². The van der Waals surface area contributed by atoms with Gasteiger partial charge in [0.1, 0.15) is 5.75 Å². The number of anilines is 2. The van der Waals surface area contributed by atoms with Crippen molar-refractivity contribution in [1.29, 1.82) is 0 Å². The Labute approximate surface area is 190 Å². The molecular formula is C25H22N4O4. The molecule has 0 atom stereocenters. The molecule has 8 nitrogen and oxygen atoms in total. The zero-order valence-corrected chi connectivity index (χ0v) is 17.9. The van der Waals surface area contributed by atoms with Crippen LogP contribution < -0.4 is 20.1 Å². The summed E-state index contributed by atoms with van der Waals surface area (Å²) in [5.74, 6) is 0.433. The number of carbonyl (C=O) groups is 2. The molecule has 3 aromatic carbocycles. The minimum atomic E-state index is -0.351. The third-order valence-electron chi connectivity index (χ3n) is 4.73. The molecule has 0 saturated carbocycles. The second kappa shape index (κ2) is 10.2. The van der Waals surface area contributed by atoms with Crippen molar-refractivity contribution in [2.24, 2.45) is 0 Å². The Bertz CT molecular complexity index is 1250. The summed E-state index contributed by atoms with van der Waals surface area (Å²) in [7, 11) is 0. The summed E-state index contributed by atoms with van der Waals surface area (Å²) < 4.78 is 10.9. The van der Waals surface area contributed by atoms with Gasteiger partial charge in [0.2, 0.25) is 5.88 Å². The lowest BCUT2D eigenvalue weighted by Crippen LogP contribution is -2.20. The van der Waals surface area contributed by atoms with Crippen LogP contribution in [0, 0.1) is 0 Å². The molecule has 4 rings (SSSR count). The third-order valence-corrected chi connectivity index (χ3v) is 4.73. The third kappa shape index (κ3) is 5.62. The molecule has 0 aliphatic carbocycles. The van der Waals surface area contributed by atoms with E-state index in [4.69, 9.17) is 9.47 Å². The second-order valence-corrected chi connectivity index (χ2v) is 7.06. The van der Waals surface area contributed by atoms with Crippen LogP contribution in [-0.2, 0) is 4.79 Å². The molecule has 0 unspecified atom stereocenters. The van der Waals surface area contributed by atoms with Gasteiger partial charge in [-0.3, -0.25) is 9.59 Å². The van der Waals surface area contributed by atoms with E-state index in [1.165, 1.54) is 0 Å².